The molecule has 0 radical (unpaired) electrons. The highest BCUT2D eigenvalue weighted by atomic mass is 19.3. The summed E-state index contributed by atoms with van der Waals surface area (Å²) in [5.41, 5.74) is 3.63. The van der Waals surface area contributed by atoms with E-state index in [0.29, 0.717) is 11.5 Å². The molecule has 1 aromatic heterocycles. The first-order valence-corrected chi connectivity index (χ1v) is 7.88. The fourth-order valence-corrected chi connectivity index (χ4v) is 2.97. The van der Waals surface area contributed by atoms with Crippen LogP contribution >= 0.6 is 0 Å². The van der Waals surface area contributed by atoms with E-state index in [1.54, 1.807) is 6.92 Å². The third-order valence-corrected chi connectivity index (χ3v) is 4.18. The molecular weight excluding hydrogens is 312 g/mol. The van der Waals surface area contributed by atoms with Gasteiger partial charge in [-0.2, -0.15) is 8.78 Å². The SMILES string of the molecule is CN=C(/C=C(\C)c1nnc(-c2cccc3c2CCC3)o1)C(C)(F)F. The zero-order valence-corrected chi connectivity index (χ0v) is 13.9. The van der Waals surface area contributed by atoms with E-state index in [-0.39, 0.29) is 11.6 Å². The van der Waals surface area contributed by atoms with Crippen molar-refractivity contribution in [1.29, 1.82) is 0 Å². The molecule has 24 heavy (non-hydrogen) atoms. The summed E-state index contributed by atoms with van der Waals surface area (Å²) < 4.78 is 32.6. The Bertz CT molecular complexity index is 816. The molecule has 0 saturated heterocycles. The van der Waals surface area contributed by atoms with Crippen LogP contribution < -0.4 is 0 Å². The minimum Gasteiger partial charge on any atom is -0.416 e. The van der Waals surface area contributed by atoms with Crippen LogP contribution in [-0.4, -0.2) is 28.9 Å². The number of allylic oxidation sites excluding steroid dienone is 2. The van der Waals surface area contributed by atoms with Gasteiger partial charge in [0.2, 0.25) is 11.8 Å². The highest BCUT2D eigenvalue weighted by Gasteiger charge is 2.28. The standard InChI is InChI=1S/C18H19F2N3O/c1-11(10-15(21-3)18(2,19)20)16-22-23-17(24-16)14-9-5-7-12-6-4-8-13(12)14/h5,7,9-10H,4,6,8H2,1-3H3/b11-10+,21-15?. The maximum Gasteiger partial charge on any atom is 0.286 e. The van der Waals surface area contributed by atoms with Gasteiger partial charge >= 0.3 is 0 Å². The molecule has 0 N–H and O–H groups in total. The van der Waals surface area contributed by atoms with Crippen molar-refractivity contribution in [3.63, 3.8) is 0 Å². The number of aliphatic imine (C=N–C) groups is 1. The van der Waals surface area contributed by atoms with Crippen molar-refractivity contribution in [2.24, 2.45) is 4.99 Å². The van der Waals surface area contributed by atoms with Crippen LogP contribution in [-0.2, 0) is 12.8 Å². The van der Waals surface area contributed by atoms with Gasteiger partial charge in [-0.25, -0.2) is 0 Å². The minimum atomic E-state index is -3.01. The summed E-state index contributed by atoms with van der Waals surface area (Å²) in [6.07, 6.45) is 4.46. The highest BCUT2D eigenvalue weighted by Crippen LogP contribution is 2.32. The first-order chi connectivity index (χ1) is 11.4. The van der Waals surface area contributed by atoms with Crippen molar-refractivity contribution < 1.29 is 13.2 Å². The van der Waals surface area contributed by atoms with E-state index in [1.807, 2.05) is 12.1 Å². The normalized spacial score (nSPS) is 15.7. The molecule has 3 rings (SSSR count). The number of halogens is 2. The van der Waals surface area contributed by atoms with E-state index in [0.717, 1.165) is 31.7 Å². The lowest BCUT2D eigenvalue weighted by molar-refractivity contribution is 0.102. The van der Waals surface area contributed by atoms with E-state index in [9.17, 15) is 8.78 Å². The van der Waals surface area contributed by atoms with Gasteiger partial charge in [0.15, 0.2) is 0 Å². The fourth-order valence-electron chi connectivity index (χ4n) is 2.97. The van der Waals surface area contributed by atoms with Crippen LogP contribution in [0.25, 0.3) is 17.0 Å². The van der Waals surface area contributed by atoms with Gasteiger partial charge in [0.25, 0.3) is 5.92 Å². The Labute approximate surface area is 139 Å². The Morgan fingerprint density at radius 1 is 1.29 bits per heavy atom. The summed E-state index contributed by atoms with van der Waals surface area (Å²) in [6, 6.07) is 6.05. The van der Waals surface area contributed by atoms with E-state index in [4.69, 9.17) is 4.42 Å². The first-order valence-electron chi connectivity index (χ1n) is 7.88. The molecule has 0 amide bonds. The molecule has 0 spiro atoms. The van der Waals surface area contributed by atoms with E-state index >= 15 is 0 Å². The summed E-state index contributed by atoms with van der Waals surface area (Å²) in [5, 5.41) is 8.10. The predicted octanol–water partition coefficient (Wildman–Crippen LogP) is 4.35. The van der Waals surface area contributed by atoms with Crippen LogP contribution in [0.4, 0.5) is 8.78 Å². The number of hydrogen-bond donors (Lipinski definition) is 0. The van der Waals surface area contributed by atoms with Gasteiger partial charge in [-0.05, 0) is 49.5 Å². The van der Waals surface area contributed by atoms with Crippen LogP contribution in [0.15, 0.2) is 33.7 Å². The minimum absolute atomic E-state index is 0.228. The van der Waals surface area contributed by atoms with Crippen LogP contribution in [0.5, 0.6) is 0 Å². The summed E-state index contributed by atoms with van der Waals surface area (Å²) in [7, 11) is 1.34. The number of nitrogens with zero attached hydrogens (tertiary/aromatic N) is 3. The van der Waals surface area contributed by atoms with Gasteiger partial charge < -0.3 is 4.42 Å². The molecule has 0 saturated carbocycles. The largest absolute Gasteiger partial charge is 0.416 e. The molecule has 0 atom stereocenters. The van der Waals surface area contributed by atoms with E-state index < -0.39 is 5.92 Å². The second kappa shape index (κ2) is 6.26. The third-order valence-electron chi connectivity index (χ3n) is 4.18. The number of aromatic nitrogens is 2. The van der Waals surface area contributed by atoms with Crippen molar-refractivity contribution in [1.82, 2.24) is 10.2 Å². The summed E-state index contributed by atoms with van der Waals surface area (Å²) >= 11 is 0. The lowest BCUT2D eigenvalue weighted by Gasteiger charge is -2.09. The molecule has 1 aromatic carbocycles. The molecule has 0 aliphatic heterocycles. The molecule has 1 heterocycles. The second-order valence-electron chi connectivity index (χ2n) is 6.03. The van der Waals surface area contributed by atoms with Gasteiger partial charge in [-0.3, -0.25) is 4.99 Å². The van der Waals surface area contributed by atoms with Crippen LogP contribution in [0.1, 0.15) is 37.3 Å². The lowest BCUT2D eigenvalue weighted by atomic mass is 10.0. The zero-order chi connectivity index (χ0) is 17.3. The number of hydrogen-bond acceptors (Lipinski definition) is 4. The van der Waals surface area contributed by atoms with Crippen LogP contribution in [0, 0.1) is 0 Å². The van der Waals surface area contributed by atoms with Crippen molar-refractivity contribution in [3.8, 4) is 11.5 Å². The molecule has 4 nitrogen and oxygen atoms in total. The molecule has 126 valence electrons. The Balaban J connectivity index is 1.93. The van der Waals surface area contributed by atoms with Gasteiger partial charge in [-0.1, -0.05) is 12.1 Å². The first kappa shape index (κ1) is 16.5. The topological polar surface area (TPSA) is 51.3 Å². The molecule has 2 aromatic rings. The Hall–Kier alpha value is -2.37. The molecule has 0 bridgehead atoms. The van der Waals surface area contributed by atoms with Crippen LogP contribution in [0.2, 0.25) is 0 Å². The quantitative estimate of drug-likeness (QED) is 0.782. The lowest BCUT2D eigenvalue weighted by Crippen LogP contribution is -2.22. The van der Waals surface area contributed by atoms with Gasteiger partial charge in [0.1, 0.15) is 5.71 Å². The fraction of sp³-hybridized carbons (Fsp3) is 0.389. The number of alkyl halides is 2. The van der Waals surface area contributed by atoms with Gasteiger partial charge in [0.05, 0.1) is 0 Å². The molecule has 0 unspecified atom stereocenters. The highest BCUT2D eigenvalue weighted by molar-refractivity contribution is 6.04. The smallest absolute Gasteiger partial charge is 0.286 e. The van der Waals surface area contributed by atoms with E-state index in [2.05, 4.69) is 21.3 Å². The average molecular weight is 331 g/mol. The number of aryl methyl sites for hydroxylation is 1. The van der Waals surface area contributed by atoms with Crippen molar-refractivity contribution in [2.45, 2.75) is 39.0 Å². The second-order valence-corrected chi connectivity index (χ2v) is 6.03. The zero-order valence-electron chi connectivity index (χ0n) is 13.9. The van der Waals surface area contributed by atoms with Crippen molar-refractivity contribution >= 4 is 11.3 Å². The Morgan fingerprint density at radius 2 is 2.08 bits per heavy atom. The number of rotatable bonds is 4. The van der Waals surface area contributed by atoms with Gasteiger partial charge in [0, 0.05) is 25.1 Å². The average Bonchev–Trinajstić information content (AvgIpc) is 3.19. The Morgan fingerprint density at radius 3 is 2.79 bits per heavy atom. The maximum absolute atomic E-state index is 13.4. The molecule has 0 fully saturated rings. The Kier molecular flexibility index (Phi) is 4.30. The molecule has 1 aliphatic carbocycles. The van der Waals surface area contributed by atoms with Crippen molar-refractivity contribution in [2.75, 3.05) is 7.05 Å². The van der Waals surface area contributed by atoms with Gasteiger partial charge in [-0.15, -0.1) is 10.2 Å². The number of fused-ring (bicyclic) bond motifs is 1. The van der Waals surface area contributed by atoms with E-state index in [1.165, 1.54) is 24.3 Å². The summed E-state index contributed by atoms with van der Waals surface area (Å²) in [6.45, 7) is 2.47. The third kappa shape index (κ3) is 3.13. The monoisotopic (exact) mass is 331 g/mol. The molecular formula is C18H19F2N3O. The van der Waals surface area contributed by atoms with Crippen LogP contribution in [0.3, 0.4) is 0 Å². The number of benzene rings is 1. The summed E-state index contributed by atoms with van der Waals surface area (Å²) in [5.74, 6) is -2.36. The molecule has 6 heteroatoms. The summed E-state index contributed by atoms with van der Waals surface area (Å²) in [4.78, 5) is 3.64. The molecule has 1 aliphatic rings. The van der Waals surface area contributed by atoms with Crippen molar-refractivity contribution in [3.05, 3.63) is 41.3 Å². The predicted molar refractivity (Wildman–Crippen MR) is 89.4 cm³/mol. The maximum atomic E-state index is 13.4.